The highest BCUT2D eigenvalue weighted by Crippen LogP contribution is 2.13. The first-order valence-corrected chi connectivity index (χ1v) is 6.80. The van der Waals surface area contributed by atoms with Crippen LogP contribution < -0.4 is 5.32 Å². The van der Waals surface area contributed by atoms with Crippen LogP contribution in [0.25, 0.3) is 0 Å². The number of ketones is 1. The van der Waals surface area contributed by atoms with Crippen LogP contribution in [0.5, 0.6) is 0 Å². The lowest BCUT2D eigenvalue weighted by Gasteiger charge is -2.06. The summed E-state index contributed by atoms with van der Waals surface area (Å²) in [6.45, 7) is 1.47. The van der Waals surface area contributed by atoms with Crippen molar-refractivity contribution in [1.29, 1.82) is 0 Å². The second kappa shape index (κ2) is 6.93. The summed E-state index contributed by atoms with van der Waals surface area (Å²) in [5.41, 5.74) is 1.71. The van der Waals surface area contributed by atoms with Crippen LogP contribution in [-0.2, 0) is 11.2 Å². The number of anilines is 1. The monoisotopic (exact) mass is 303 g/mol. The molecule has 22 heavy (non-hydrogen) atoms. The van der Waals surface area contributed by atoms with Gasteiger partial charge in [0.05, 0.1) is 0 Å². The van der Waals surface area contributed by atoms with Crippen molar-refractivity contribution in [1.82, 2.24) is 0 Å². The van der Waals surface area contributed by atoms with E-state index >= 15 is 0 Å². The summed E-state index contributed by atoms with van der Waals surface area (Å²) in [6, 6.07) is 10.1. The molecule has 0 heterocycles. The lowest BCUT2D eigenvalue weighted by Crippen LogP contribution is -2.12. The quantitative estimate of drug-likeness (QED) is 0.855. The SMILES string of the molecule is CC(=O)c1ccc(NC(=O)CCc2ccc(F)c(F)c2)cc1. The van der Waals surface area contributed by atoms with Crippen LogP contribution in [-0.4, -0.2) is 11.7 Å². The first kappa shape index (κ1) is 15.8. The molecule has 114 valence electrons. The highest BCUT2D eigenvalue weighted by Gasteiger charge is 2.07. The number of Topliss-reactive ketones (excluding diaryl/α,β-unsaturated/α-hetero) is 1. The van der Waals surface area contributed by atoms with Gasteiger partial charge in [-0.05, 0) is 55.3 Å². The number of hydrogen-bond donors (Lipinski definition) is 1. The first-order chi connectivity index (χ1) is 10.5. The number of carbonyl (C=O) groups is 2. The third-order valence-corrected chi connectivity index (χ3v) is 3.20. The summed E-state index contributed by atoms with van der Waals surface area (Å²) in [6.07, 6.45) is 0.466. The standard InChI is InChI=1S/C17H15F2NO2/c1-11(21)13-4-6-14(7-5-13)20-17(22)9-3-12-2-8-15(18)16(19)10-12/h2,4-8,10H,3,9H2,1H3,(H,20,22). The minimum atomic E-state index is -0.919. The van der Waals surface area contributed by atoms with Gasteiger partial charge in [0.25, 0.3) is 0 Å². The first-order valence-electron chi connectivity index (χ1n) is 6.80. The maximum atomic E-state index is 13.1. The molecule has 1 amide bonds. The fourth-order valence-electron chi connectivity index (χ4n) is 1.96. The topological polar surface area (TPSA) is 46.2 Å². The lowest BCUT2D eigenvalue weighted by molar-refractivity contribution is -0.116. The van der Waals surface area contributed by atoms with Crippen LogP contribution in [0.15, 0.2) is 42.5 Å². The van der Waals surface area contributed by atoms with Crippen LogP contribution in [0.1, 0.15) is 29.3 Å². The fraction of sp³-hybridized carbons (Fsp3) is 0.176. The van der Waals surface area contributed by atoms with Gasteiger partial charge in [0, 0.05) is 17.7 Å². The Kier molecular flexibility index (Phi) is 4.99. The molecule has 0 atom stereocenters. The maximum Gasteiger partial charge on any atom is 0.224 e. The molecule has 0 aliphatic carbocycles. The van der Waals surface area contributed by atoms with Crippen molar-refractivity contribution in [2.24, 2.45) is 0 Å². The molecule has 5 heteroatoms. The lowest BCUT2D eigenvalue weighted by atomic mass is 10.1. The number of amides is 1. The van der Waals surface area contributed by atoms with Crippen molar-refractivity contribution in [2.75, 3.05) is 5.32 Å². The molecule has 0 aliphatic heterocycles. The highest BCUT2D eigenvalue weighted by atomic mass is 19.2. The van der Waals surface area contributed by atoms with Gasteiger partial charge in [-0.1, -0.05) is 6.07 Å². The van der Waals surface area contributed by atoms with Gasteiger partial charge in [-0.25, -0.2) is 8.78 Å². The van der Waals surface area contributed by atoms with E-state index in [-0.39, 0.29) is 18.1 Å². The molecule has 2 rings (SSSR count). The van der Waals surface area contributed by atoms with Crippen molar-refractivity contribution in [3.8, 4) is 0 Å². The zero-order valence-electron chi connectivity index (χ0n) is 12.0. The van der Waals surface area contributed by atoms with E-state index in [1.807, 2.05) is 0 Å². The Morgan fingerprint density at radius 2 is 1.68 bits per heavy atom. The normalized spacial score (nSPS) is 10.3. The van der Waals surface area contributed by atoms with E-state index in [1.165, 1.54) is 13.0 Å². The van der Waals surface area contributed by atoms with E-state index in [1.54, 1.807) is 24.3 Å². The summed E-state index contributed by atoms with van der Waals surface area (Å²) in [4.78, 5) is 23.0. The Bertz CT molecular complexity index is 696. The molecular weight excluding hydrogens is 288 g/mol. The molecule has 2 aromatic carbocycles. The Morgan fingerprint density at radius 1 is 1.00 bits per heavy atom. The van der Waals surface area contributed by atoms with E-state index in [0.717, 1.165) is 12.1 Å². The van der Waals surface area contributed by atoms with E-state index in [4.69, 9.17) is 0 Å². The van der Waals surface area contributed by atoms with Gasteiger partial charge in [-0.3, -0.25) is 9.59 Å². The second-order valence-corrected chi connectivity index (χ2v) is 4.93. The Morgan fingerprint density at radius 3 is 2.27 bits per heavy atom. The van der Waals surface area contributed by atoms with E-state index in [0.29, 0.717) is 23.2 Å². The minimum absolute atomic E-state index is 0.0452. The van der Waals surface area contributed by atoms with Crippen molar-refractivity contribution in [3.63, 3.8) is 0 Å². The van der Waals surface area contributed by atoms with Crippen molar-refractivity contribution < 1.29 is 18.4 Å². The van der Waals surface area contributed by atoms with Gasteiger partial charge >= 0.3 is 0 Å². The number of rotatable bonds is 5. The predicted molar refractivity (Wildman–Crippen MR) is 79.8 cm³/mol. The third-order valence-electron chi connectivity index (χ3n) is 3.20. The summed E-state index contributed by atoms with van der Waals surface area (Å²) in [5, 5.41) is 2.69. The number of halogens is 2. The average Bonchev–Trinajstić information content (AvgIpc) is 2.49. The Hall–Kier alpha value is -2.56. The largest absolute Gasteiger partial charge is 0.326 e. The van der Waals surface area contributed by atoms with Crippen molar-refractivity contribution in [3.05, 3.63) is 65.2 Å². The number of carbonyl (C=O) groups excluding carboxylic acids is 2. The van der Waals surface area contributed by atoms with Crippen LogP contribution in [0.2, 0.25) is 0 Å². The summed E-state index contributed by atoms with van der Waals surface area (Å²) < 4.78 is 25.8. The van der Waals surface area contributed by atoms with Gasteiger partial charge in [0.2, 0.25) is 5.91 Å². The van der Waals surface area contributed by atoms with Gasteiger partial charge in [0.15, 0.2) is 17.4 Å². The van der Waals surface area contributed by atoms with Crippen LogP contribution in [0.3, 0.4) is 0 Å². The number of benzene rings is 2. The minimum Gasteiger partial charge on any atom is -0.326 e. The van der Waals surface area contributed by atoms with Gasteiger partial charge in [-0.2, -0.15) is 0 Å². The number of nitrogens with one attached hydrogen (secondary N) is 1. The molecule has 0 unspecified atom stereocenters. The van der Waals surface area contributed by atoms with E-state index in [2.05, 4.69) is 5.32 Å². The third kappa shape index (κ3) is 4.22. The van der Waals surface area contributed by atoms with Crippen LogP contribution in [0.4, 0.5) is 14.5 Å². The van der Waals surface area contributed by atoms with Gasteiger partial charge < -0.3 is 5.32 Å². The molecule has 0 aliphatic rings. The summed E-state index contributed by atoms with van der Waals surface area (Å²) in [7, 11) is 0. The zero-order valence-corrected chi connectivity index (χ0v) is 12.0. The van der Waals surface area contributed by atoms with Crippen molar-refractivity contribution in [2.45, 2.75) is 19.8 Å². The molecular formula is C17H15F2NO2. The molecule has 1 N–H and O–H groups in total. The maximum absolute atomic E-state index is 13.1. The molecule has 0 saturated carbocycles. The molecule has 0 bridgehead atoms. The van der Waals surface area contributed by atoms with Gasteiger partial charge in [0.1, 0.15) is 0 Å². The Labute approximate surface area is 127 Å². The molecule has 0 saturated heterocycles. The summed E-state index contributed by atoms with van der Waals surface area (Å²) >= 11 is 0. The van der Waals surface area contributed by atoms with Crippen LogP contribution >= 0.6 is 0 Å². The Balaban J connectivity index is 1.89. The fourth-order valence-corrected chi connectivity index (χ4v) is 1.96. The molecule has 0 radical (unpaired) electrons. The average molecular weight is 303 g/mol. The molecule has 3 nitrogen and oxygen atoms in total. The summed E-state index contributed by atoms with van der Waals surface area (Å²) in [5.74, 6) is -2.10. The predicted octanol–water partition coefficient (Wildman–Crippen LogP) is 3.74. The smallest absolute Gasteiger partial charge is 0.224 e. The van der Waals surface area contributed by atoms with Gasteiger partial charge in [-0.15, -0.1) is 0 Å². The molecule has 0 spiro atoms. The zero-order chi connectivity index (χ0) is 16.1. The molecule has 2 aromatic rings. The van der Waals surface area contributed by atoms with E-state index < -0.39 is 11.6 Å². The number of hydrogen-bond acceptors (Lipinski definition) is 2. The van der Waals surface area contributed by atoms with E-state index in [9.17, 15) is 18.4 Å². The highest BCUT2D eigenvalue weighted by molar-refractivity contribution is 5.95. The van der Waals surface area contributed by atoms with Crippen molar-refractivity contribution >= 4 is 17.4 Å². The molecule has 0 aromatic heterocycles. The molecule has 0 fully saturated rings. The second-order valence-electron chi connectivity index (χ2n) is 4.93. The number of aryl methyl sites for hydroxylation is 1. The van der Waals surface area contributed by atoms with Crippen LogP contribution in [0, 0.1) is 11.6 Å².